The average molecular weight is 296 g/mol. The lowest BCUT2D eigenvalue weighted by molar-refractivity contribution is 0.00578. The van der Waals surface area contributed by atoms with E-state index < -0.39 is 18.4 Å². The lowest BCUT2D eigenvalue weighted by Gasteiger charge is -2.32. The van der Waals surface area contributed by atoms with Crippen LogP contribution in [0.3, 0.4) is 0 Å². The largest absolute Gasteiger partial charge is 0.760 e. The van der Waals surface area contributed by atoms with Gasteiger partial charge in [-0.25, -0.2) is 4.72 Å². The van der Waals surface area contributed by atoms with Gasteiger partial charge < -0.3 is 13.9 Å². The Morgan fingerprint density at radius 2 is 1.65 bits per heavy atom. The van der Waals surface area contributed by atoms with Gasteiger partial charge in [0.15, 0.2) is 0 Å². The smallest absolute Gasteiger partial charge is 0.494 e. The van der Waals surface area contributed by atoms with Crippen LogP contribution in [0.2, 0.25) is 0 Å². The van der Waals surface area contributed by atoms with Gasteiger partial charge in [-0.1, -0.05) is 24.3 Å². The summed E-state index contributed by atoms with van der Waals surface area (Å²) in [5.41, 5.74) is 1.08. The fraction of sp³-hybridized carbons (Fsp3) is 0.538. The molecule has 2 rings (SSSR count). The molecular formula is C13H19BNO4S-. The Bertz CT molecular complexity index is 488. The van der Waals surface area contributed by atoms with Crippen LogP contribution < -0.4 is 10.2 Å². The van der Waals surface area contributed by atoms with E-state index in [0.717, 1.165) is 11.0 Å². The number of benzene rings is 1. The van der Waals surface area contributed by atoms with Crippen molar-refractivity contribution in [1.29, 1.82) is 0 Å². The van der Waals surface area contributed by atoms with Crippen LogP contribution in [0.4, 0.5) is 0 Å². The summed E-state index contributed by atoms with van der Waals surface area (Å²) in [6.07, 6.45) is 0. The maximum absolute atomic E-state index is 10.4. The maximum atomic E-state index is 10.4. The predicted molar refractivity (Wildman–Crippen MR) is 77.9 cm³/mol. The monoisotopic (exact) mass is 296 g/mol. The second-order valence-electron chi connectivity index (χ2n) is 5.89. The molecule has 1 atom stereocenters. The summed E-state index contributed by atoms with van der Waals surface area (Å²) in [6, 6.07) is 7.51. The molecule has 0 aromatic heterocycles. The number of rotatable bonds is 4. The van der Waals surface area contributed by atoms with Gasteiger partial charge in [0.2, 0.25) is 0 Å². The summed E-state index contributed by atoms with van der Waals surface area (Å²) in [6.45, 7) is 8.31. The molecule has 1 aromatic carbocycles. The molecule has 0 amide bonds. The van der Waals surface area contributed by atoms with Crippen LogP contribution in [0.1, 0.15) is 33.3 Å². The van der Waals surface area contributed by atoms with Crippen LogP contribution in [-0.4, -0.2) is 27.1 Å². The van der Waals surface area contributed by atoms with E-state index in [4.69, 9.17) is 9.31 Å². The van der Waals surface area contributed by atoms with Gasteiger partial charge in [0.25, 0.3) is 0 Å². The van der Waals surface area contributed by atoms with Crippen molar-refractivity contribution in [3.8, 4) is 0 Å². The Balaban J connectivity index is 2.06. The molecule has 0 radical (unpaired) electrons. The van der Waals surface area contributed by atoms with Gasteiger partial charge in [-0.3, -0.25) is 4.21 Å². The second-order valence-corrected chi connectivity index (χ2v) is 6.64. The topological polar surface area (TPSA) is 70.6 Å². The van der Waals surface area contributed by atoms with Crippen LogP contribution in [0.25, 0.3) is 0 Å². The molecule has 1 aliphatic rings. The lowest BCUT2D eigenvalue weighted by Crippen LogP contribution is -2.41. The Morgan fingerprint density at radius 1 is 1.15 bits per heavy atom. The highest BCUT2D eigenvalue weighted by molar-refractivity contribution is 7.77. The fourth-order valence-electron chi connectivity index (χ4n) is 1.91. The summed E-state index contributed by atoms with van der Waals surface area (Å²) < 4.78 is 35.1. The molecule has 0 saturated carbocycles. The van der Waals surface area contributed by atoms with E-state index in [-0.39, 0.29) is 17.7 Å². The molecule has 1 N–H and O–H groups in total. The molecule has 0 bridgehead atoms. The molecule has 7 heteroatoms. The van der Waals surface area contributed by atoms with E-state index in [9.17, 15) is 8.76 Å². The van der Waals surface area contributed by atoms with Gasteiger partial charge >= 0.3 is 7.12 Å². The highest BCUT2D eigenvalue weighted by Crippen LogP contribution is 2.36. The predicted octanol–water partition coefficient (Wildman–Crippen LogP) is 0.869. The highest BCUT2D eigenvalue weighted by Gasteiger charge is 2.51. The number of hydrogen-bond acceptors (Lipinski definition) is 4. The van der Waals surface area contributed by atoms with Crippen LogP contribution in [0.15, 0.2) is 24.3 Å². The van der Waals surface area contributed by atoms with E-state index in [1.807, 2.05) is 52.0 Å². The number of hydrogen-bond donors (Lipinski definition) is 1. The SMILES string of the molecule is CC1(C)OB(c2ccc(CNS(=O)[O-])cc2)OC1(C)C. The van der Waals surface area contributed by atoms with E-state index >= 15 is 0 Å². The minimum Gasteiger partial charge on any atom is -0.760 e. The van der Waals surface area contributed by atoms with Crippen molar-refractivity contribution in [2.24, 2.45) is 0 Å². The first-order valence-electron chi connectivity index (χ1n) is 6.48. The van der Waals surface area contributed by atoms with Crippen molar-refractivity contribution in [1.82, 2.24) is 4.72 Å². The highest BCUT2D eigenvalue weighted by atomic mass is 32.2. The zero-order chi connectivity index (χ0) is 15.0. The van der Waals surface area contributed by atoms with Gasteiger partial charge in [0.1, 0.15) is 0 Å². The van der Waals surface area contributed by atoms with Crippen LogP contribution in [-0.2, 0) is 27.1 Å². The first-order chi connectivity index (χ1) is 9.21. The van der Waals surface area contributed by atoms with E-state index in [1.54, 1.807) is 0 Å². The molecule has 1 heterocycles. The van der Waals surface area contributed by atoms with Crippen LogP contribution in [0, 0.1) is 0 Å². The first-order valence-corrected chi connectivity index (χ1v) is 7.56. The first kappa shape index (κ1) is 15.7. The summed E-state index contributed by atoms with van der Waals surface area (Å²) >= 11 is -2.24. The molecule has 0 aliphatic carbocycles. The molecule has 1 aromatic rings. The third kappa shape index (κ3) is 3.29. The van der Waals surface area contributed by atoms with E-state index in [1.165, 1.54) is 0 Å². The molecule has 1 unspecified atom stereocenters. The molecule has 110 valence electrons. The molecule has 5 nitrogen and oxygen atoms in total. The minimum atomic E-state index is -2.24. The van der Waals surface area contributed by atoms with Crippen molar-refractivity contribution in [2.45, 2.75) is 45.4 Å². The third-order valence-corrected chi connectivity index (χ3v) is 4.28. The molecule has 20 heavy (non-hydrogen) atoms. The van der Waals surface area contributed by atoms with E-state index in [2.05, 4.69) is 4.72 Å². The quantitative estimate of drug-likeness (QED) is 0.661. The van der Waals surface area contributed by atoms with Gasteiger partial charge in [-0.05, 0) is 38.7 Å². The second kappa shape index (κ2) is 5.58. The van der Waals surface area contributed by atoms with E-state index in [0.29, 0.717) is 0 Å². The lowest BCUT2D eigenvalue weighted by atomic mass is 9.79. The maximum Gasteiger partial charge on any atom is 0.494 e. The average Bonchev–Trinajstić information content (AvgIpc) is 2.56. The van der Waals surface area contributed by atoms with Crippen molar-refractivity contribution >= 4 is 23.8 Å². The number of nitrogens with one attached hydrogen (secondary N) is 1. The molecular weight excluding hydrogens is 277 g/mol. The zero-order valence-corrected chi connectivity index (χ0v) is 13.0. The Labute approximate surface area is 122 Å². The zero-order valence-electron chi connectivity index (χ0n) is 12.1. The fourth-order valence-corrected chi connectivity index (χ4v) is 2.20. The Hall–Kier alpha value is -0.725. The van der Waals surface area contributed by atoms with Gasteiger partial charge in [-0.15, -0.1) is 0 Å². The van der Waals surface area contributed by atoms with Crippen molar-refractivity contribution < 1.29 is 18.1 Å². The summed E-state index contributed by atoms with van der Waals surface area (Å²) in [5.74, 6) is 0. The normalized spacial score (nSPS) is 21.9. The Kier molecular flexibility index (Phi) is 4.37. The van der Waals surface area contributed by atoms with Crippen molar-refractivity contribution in [3.05, 3.63) is 29.8 Å². The van der Waals surface area contributed by atoms with Crippen LogP contribution in [0.5, 0.6) is 0 Å². The van der Waals surface area contributed by atoms with Crippen LogP contribution >= 0.6 is 0 Å². The summed E-state index contributed by atoms with van der Waals surface area (Å²) in [5, 5.41) is 0. The minimum absolute atomic E-state index is 0.278. The van der Waals surface area contributed by atoms with Gasteiger partial charge in [0.05, 0.1) is 11.2 Å². The molecule has 1 fully saturated rings. The standard InChI is InChI=1S/C13H20BNO4S/c1-12(2)13(3,4)19-14(18-12)11-7-5-10(6-8-11)9-15-20(16)17/h5-8,15H,9H2,1-4H3,(H,16,17)/p-1. The summed E-state index contributed by atoms with van der Waals surface area (Å²) in [7, 11) is -0.393. The molecule has 1 aliphatic heterocycles. The molecule has 1 saturated heterocycles. The summed E-state index contributed by atoms with van der Waals surface area (Å²) in [4.78, 5) is 0. The van der Waals surface area contributed by atoms with Gasteiger partial charge in [-0.2, -0.15) is 0 Å². The molecule has 0 spiro atoms. The Morgan fingerprint density at radius 3 is 2.10 bits per heavy atom. The third-order valence-electron chi connectivity index (χ3n) is 3.90. The van der Waals surface area contributed by atoms with Crippen molar-refractivity contribution in [3.63, 3.8) is 0 Å². The van der Waals surface area contributed by atoms with Crippen molar-refractivity contribution in [2.75, 3.05) is 0 Å². The van der Waals surface area contributed by atoms with Gasteiger partial charge in [0, 0.05) is 17.8 Å².